The Hall–Kier alpha value is -3.07. The van der Waals surface area contributed by atoms with E-state index in [1.165, 1.54) is 0 Å². The molecule has 2 aliphatic heterocycles. The van der Waals surface area contributed by atoms with Crippen LogP contribution in [0, 0.1) is 0 Å². The van der Waals surface area contributed by atoms with Crippen molar-refractivity contribution < 1.29 is 23.4 Å². The van der Waals surface area contributed by atoms with Gasteiger partial charge >= 0.3 is 5.63 Å². The number of fused-ring (bicyclic) bond motifs is 3. The zero-order valence-electron chi connectivity index (χ0n) is 19.0. The summed E-state index contributed by atoms with van der Waals surface area (Å²) in [5.41, 5.74) is 2.11. The van der Waals surface area contributed by atoms with Crippen LogP contribution in [0.4, 0.5) is 0 Å². The van der Waals surface area contributed by atoms with E-state index >= 15 is 0 Å². The van der Waals surface area contributed by atoms with Gasteiger partial charge in [0.15, 0.2) is 0 Å². The third-order valence-electron chi connectivity index (χ3n) is 6.28. The fraction of sp³-hybridized carbons (Fsp3) is 0.400. The van der Waals surface area contributed by atoms with Gasteiger partial charge in [-0.1, -0.05) is 0 Å². The summed E-state index contributed by atoms with van der Waals surface area (Å²) in [5.74, 6) is 1.98. The molecule has 8 nitrogen and oxygen atoms in total. The van der Waals surface area contributed by atoms with Gasteiger partial charge in [-0.15, -0.1) is 0 Å². The molecular formula is C25H28N2O6. The number of morpholine rings is 1. The van der Waals surface area contributed by atoms with Gasteiger partial charge in [0.2, 0.25) is 0 Å². The van der Waals surface area contributed by atoms with Crippen molar-refractivity contribution in [3.05, 3.63) is 52.4 Å². The Morgan fingerprint density at radius 3 is 2.55 bits per heavy atom. The monoisotopic (exact) mass is 452 g/mol. The molecule has 33 heavy (non-hydrogen) atoms. The molecule has 0 spiro atoms. The fourth-order valence-electron chi connectivity index (χ4n) is 4.40. The summed E-state index contributed by atoms with van der Waals surface area (Å²) >= 11 is 0. The quantitative estimate of drug-likeness (QED) is 0.529. The van der Waals surface area contributed by atoms with E-state index in [4.69, 9.17) is 23.4 Å². The molecule has 0 radical (unpaired) electrons. The molecule has 2 aliphatic rings. The molecule has 8 heteroatoms. The number of rotatable bonds is 6. The topological polar surface area (TPSA) is 73.6 Å². The minimum Gasteiger partial charge on any atom is -0.497 e. The normalized spacial score (nSPS) is 16.9. The fourth-order valence-corrected chi connectivity index (χ4v) is 4.40. The molecule has 1 aromatic heterocycles. The van der Waals surface area contributed by atoms with Crippen LogP contribution in [0.2, 0.25) is 0 Å². The van der Waals surface area contributed by atoms with Crippen molar-refractivity contribution >= 4 is 11.0 Å². The van der Waals surface area contributed by atoms with Crippen LogP contribution in [0.3, 0.4) is 0 Å². The van der Waals surface area contributed by atoms with Gasteiger partial charge in [0.05, 0.1) is 38.6 Å². The highest BCUT2D eigenvalue weighted by Crippen LogP contribution is 2.36. The zero-order chi connectivity index (χ0) is 22.8. The zero-order valence-corrected chi connectivity index (χ0v) is 19.0. The summed E-state index contributed by atoms with van der Waals surface area (Å²) in [7, 11) is 3.17. The molecule has 3 aromatic rings. The largest absolute Gasteiger partial charge is 0.497 e. The first-order valence-corrected chi connectivity index (χ1v) is 11.1. The van der Waals surface area contributed by atoms with E-state index in [1.807, 2.05) is 18.2 Å². The van der Waals surface area contributed by atoms with Crippen molar-refractivity contribution in [3.63, 3.8) is 0 Å². The van der Waals surface area contributed by atoms with Gasteiger partial charge in [-0.05, 0) is 36.4 Å². The maximum atomic E-state index is 13.1. The summed E-state index contributed by atoms with van der Waals surface area (Å²) < 4.78 is 28.1. The molecule has 1 saturated heterocycles. The lowest BCUT2D eigenvalue weighted by Gasteiger charge is -2.32. The molecule has 0 atom stereocenters. The number of benzene rings is 2. The predicted molar refractivity (Wildman–Crippen MR) is 124 cm³/mol. The number of hydrogen-bond donors (Lipinski definition) is 0. The predicted octanol–water partition coefficient (Wildman–Crippen LogP) is 2.96. The molecule has 174 valence electrons. The molecule has 0 saturated carbocycles. The van der Waals surface area contributed by atoms with Crippen LogP contribution in [0.15, 0.2) is 45.6 Å². The van der Waals surface area contributed by atoms with Crippen LogP contribution >= 0.6 is 0 Å². The molecule has 5 rings (SSSR count). The standard InChI is InChI=1S/C25H28N2O6/c1-29-18-4-6-22(30-2)19(14-18)20-13-17-3-5-23-21(24(17)33-25(20)28)15-27(16-32-23)8-7-26-9-11-31-12-10-26/h3-6,13-14H,7-12,15-16H2,1-2H3. The first kappa shape index (κ1) is 21.8. The van der Waals surface area contributed by atoms with E-state index in [0.29, 0.717) is 41.5 Å². The summed E-state index contributed by atoms with van der Waals surface area (Å²) in [4.78, 5) is 17.7. The van der Waals surface area contributed by atoms with Gasteiger partial charge in [-0.25, -0.2) is 4.79 Å². The lowest BCUT2D eigenvalue weighted by atomic mass is 10.0. The molecule has 1 fully saturated rings. The summed E-state index contributed by atoms with van der Waals surface area (Å²) in [5, 5.41) is 0.840. The Kier molecular flexibility index (Phi) is 6.22. The van der Waals surface area contributed by atoms with Crippen LogP contribution in [-0.4, -0.2) is 70.1 Å². The molecule has 0 amide bonds. The lowest BCUT2D eigenvalue weighted by Crippen LogP contribution is -2.43. The Bertz CT molecular complexity index is 1200. The third-order valence-corrected chi connectivity index (χ3v) is 6.28. The van der Waals surface area contributed by atoms with Crippen LogP contribution in [0.5, 0.6) is 17.2 Å². The average Bonchev–Trinajstić information content (AvgIpc) is 2.87. The lowest BCUT2D eigenvalue weighted by molar-refractivity contribution is 0.0241. The minimum absolute atomic E-state index is 0.423. The van der Waals surface area contributed by atoms with E-state index in [2.05, 4.69) is 9.80 Å². The van der Waals surface area contributed by atoms with Crippen LogP contribution in [0.25, 0.3) is 22.1 Å². The Morgan fingerprint density at radius 2 is 1.76 bits per heavy atom. The minimum atomic E-state index is -0.423. The van der Waals surface area contributed by atoms with Crippen molar-refractivity contribution in [2.75, 3.05) is 60.3 Å². The van der Waals surface area contributed by atoms with Crippen molar-refractivity contribution in [3.8, 4) is 28.4 Å². The number of methoxy groups -OCH3 is 2. The van der Waals surface area contributed by atoms with E-state index in [1.54, 1.807) is 32.4 Å². The van der Waals surface area contributed by atoms with E-state index in [0.717, 1.165) is 56.1 Å². The second kappa shape index (κ2) is 9.43. The molecule has 0 bridgehead atoms. The van der Waals surface area contributed by atoms with E-state index in [9.17, 15) is 4.79 Å². The summed E-state index contributed by atoms with van der Waals surface area (Å²) in [6.07, 6.45) is 0. The van der Waals surface area contributed by atoms with Gasteiger partial charge in [-0.2, -0.15) is 0 Å². The van der Waals surface area contributed by atoms with Crippen LogP contribution in [-0.2, 0) is 11.3 Å². The Morgan fingerprint density at radius 1 is 0.939 bits per heavy atom. The highest BCUT2D eigenvalue weighted by molar-refractivity contribution is 5.87. The van der Waals surface area contributed by atoms with Crippen molar-refractivity contribution in [1.29, 1.82) is 0 Å². The molecule has 3 heterocycles. The maximum Gasteiger partial charge on any atom is 0.344 e. The number of nitrogens with zero attached hydrogens (tertiary/aromatic N) is 2. The van der Waals surface area contributed by atoms with Gasteiger partial charge in [0, 0.05) is 43.7 Å². The Balaban J connectivity index is 1.45. The first-order chi connectivity index (χ1) is 16.2. The summed E-state index contributed by atoms with van der Waals surface area (Å²) in [6, 6.07) is 11.1. The number of hydrogen-bond acceptors (Lipinski definition) is 8. The van der Waals surface area contributed by atoms with Crippen LogP contribution in [0.1, 0.15) is 5.56 Å². The smallest absolute Gasteiger partial charge is 0.344 e. The summed E-state index contributed by atoms with van der Waals surface area (Å²) in [6.45, 7) is 6.51. The average molecular weight is 453 g/mol. The van der Waals surface area contributed by atoms with Gasteiger partial charge < -0.3 is 23.4 Å². The van der Waals surface area contributed by atoms with E-state index < -0.39 is 5.63 Å². The van der Waals surface area contributed by atoms with Gasteiger partial charge in [0.25, 0.3) is 0 Å². The second-order valence-corrected chi connectivity index (χ2v) is 8.25. The molecule has 0 N–H and O–H groups in total. The highest BCUT2D eigenvalue weighted by atomic mass is 16.5. The van der Waals surface area contributed by atoms with Gasteiger partial charge in [0.1, 0.15) is 29.6 Å². The Labute approximate surface area is 192 Å². The SMILES string of the molecule is COc1ccc(OC)c(-c2cc3ccc4c(c3oc2=O)CN(CCN2CCOCC2)CO4)c1. The maximum absolute atomic E-state index is 13.1. The van der Waals surface area contributed by atoms with Crippen molar-refractivity contribution in [2.45, 2.75) is 6.54 Å². The molecule has 0 aliphatic carbocycles. The molecule has 2 aromatic carbocycles. The van der Waals surface area contributed by atoms with Crippen molar-refractivity contribution in [1.82, 2.24) is 9.80 Å². The molecular weight excluding hydrogens is 424 g/mol. The van der Waals surface area contributed by atoms with Crippen molar-refractivity contribution in [2.24, 2.45) is 0 Å². The van der Waals surface area contributed by atoms with E-state index in [-0.39, 0.29) is 0 Å². The third kappa shape index (κ3) is 4.42. The highest BCUT2D eigenvalue weighted by Gasteiger charge is 2.23. The van der Waals surface area contributed by atoms with Crippen LogP contribution < -0.4 is 19.8 Å². The molecule has 0 unspecified atom stereocenters. The first-order valence-electron chi connectivity index (χ1n) is 11.1. The second-order valence-electron chi connectivity index (χ2n) is 8.25. The van der Waals surface area contributed by atoms with Gasteiger partial charge in [-0.3, -0.25) is 9.80 Å². The number of ether oxygens (including phenoxy) is 4.